The molecule has 1 saturated heterocycles. The summed E-state index contributed by atoms with van der Waals surface area (Å²) in [4.78, 5) is 2.80. The second-order valence-electron chi connectivity index (χ2n) is 5.65. The largest absolute Gasteiger partial charge is 0.496 e. The summed E-state index contributed by atoms with van der Waals surface area (Å²) < 4.78 is 5.38. The molecule has 5 heteroatoms. The van der Waals surface area contributed by atoms with Crippen molar-refractivity contribution in [2.24, 2.45) is 11.7 Å². The molecule has 4 nitrogen and oxygen atoms in total. The van der Waals surface area contributed by atoms with E-state index in [-0.39, 0.29) is 6.61 Å². The molecule has 1 atom stereocenters. The number of hydrogen-bond acceptors (Lipinski definition) is 4. The minimum absolute atomic E-state index is 0.287. The fourth-order valence-electron chi connectivity index (χ4n) is 3.01. The molecule has 3 N–H and O–H groups in total. The van der Waals surface area contributed by atoms with Crippen molar-refractivity contribution in [1.82, 2.24) is 4.90 Å². The lowest BCUT2D eigenvalue weighted by Crippen LogP contribution is -2.35. The maximum atomic E-state index is 9.09. The first-order valence-electron chi connectivity index (χ1n) is 7.44. The van der Waals surface area contributed by atoms with Crippen LogP contribution in [-0.2, 0) is 6.54 Å². The molecule has 1 fully saturated rings. The van der Waals surface area contributed by atoms with E-state index in [1.54, 1.807) is 7.11 Å². The summed E-state index contributed by atoms with van der Waals surface area (Å²) in [6.07, 6.45) is 3.33. The number of nitrogens with zero attached hydrogens (tertiary/aromatic N) is 1. The van der Waals surface area contributed by atoms with Gasteiger partial charge in [-0.25, -0.2) is 0 Å². The summed E-state index contributed by atoms with van der Waals surface area (Å²) in [7, 11) is 1.64. The van der Waals surface area contributed by atoms with Gasteiger partial charge in [0, 0.05) is 19.7 Å². The molecular weight excluding hydrogens is 284 g/mol. The molecule has 1 aromatic rings. The zero-order chi connectivity index (χ0) is 15.2. The lowest BCUT2D eigenvalue weighted by molar-refractivity contribution is 0.142. The lowest BCUT2D eigenvalue weighted by atomic mass is 9.95. The molecule has 1 unspecified atom stereocenters. The maximum absolute atomic E-state index is 9.09. The van der Waals surface area contributed by atoms with Crippen molar-refractivity contribution in [1.29, 1.82) is 0 Å². The normalized spacial score (nSPS) is 19.4. The number of ether oxygens (including phenoxy) is 1. The molecule has 2 rings (SSSR count). The van der Waals surface area contributed by atoms with Crippen LogP contribution in [0.3, 0.4) is 0 Å². The summed E-state index contributed by atoms with van der Waals surface area (Å²) in [5, 5.41) is 9.09. The number of rotatable bonds is 6. The highest BCUT2D eigenvalue weighted by Crippen LogP contribution is 2.24. The molecule has 0 radical (unpaired) electrons. The first-order valence-corrected chi connectivity index (χ1v) is 7.84. The number of aliphatic hydroxyl groups is 1. The van der Waals surface area contributed by atoms with Crippen LogP contribution in [0, 0.1) is 5.92 Å². The lowest BCUT2D eigenvalue weighted by Gasteiger charge is -2.32. The van der Waals surface area contributed by atoms with Crippen LogP contribution < -0.4 is 10.5 Å². The van der Waals surface area contributed by atoms with Crippen molar-refractivity contribution in [2.45, 2.75) is 25.8 Å². The van der Waals surface area contributed by atoms with E-state index in [4.69, 9.17) is 27.8 Å². The molecule has 0 bridgehead atoms. The molecule has 1 aliphatic rings. The van der Waals surface area contributed by atoms with E-state index in [1.807, 2.05) is 12.1 Å². The Labute approximate surface area is 131 Å². The van der Waals surface area contributed by atoms with Gasteiger partial charge in [0.2, 0.25) is 0 Å². The van der Waals surface area contributed by atoms with E-state index in [1.165, 1.54) is 18.4 Å². The topological polar surface area (TPSA) is 58.7 Å². The zero-order valence-corrected chi connectivity index (χ0v) is 13.4. The number of methoxy groups -OCH3 is 1. The van der Waals surface area contributed by atoms with Crippen LogP contribution in [0.2, 0.25) is 0 Å². The average molecular weight is 308 g/mol. The van der Waals surface area contributed by atoms with Crippen molar-refractivity contribution < 1.29 is 9.84 Å². The van der Waals surface area contributed by atoms with E-state index in [2.05, 4.69) is 11.0 Å². The minimum Gasteiger partial charge on any atom is -0.496 e. The number of thiocarbonyl (C=S) groups is 1. The molecule has 0 amide bonds. The Hall–Kier alpha value is -1.17. The number of aliphatic hydroxyl groups excluding tert-OH is 1. The van der Waals surface area contributed by atoms with Crippen LogP contribution in [0.5, 0.6) is 5.75 Å². The SMILES string of the molecule is COc1cc(CN2CCCC(CCO)C2)ccc1C(N)=S. The zero-order valence-electron chi connectivity index (χ0n) is 12.5. The van der Waals surface area contributed by atoms with Gasteiger partial charge in [-0.1, -0.05) is 18.3 Å². The Bertz CT molecular complexity index is 491. The molecule has 0 aliphatic carbocycles. The number of nitrogens with two attached hydrogens (primary N) is 1. The Kier molecular flexibility index (Phi) is 5.96. The van der Waals surface area contributed by atoms with Crippen LogP contribution >= 0.6 is 12.2 Å². The molecule has 1 heterocycles. The highest BCUT2D eigenvalue weighted by molar-refractivity contribution is 7.80. The van der Waals surface area contributed by atoms with Gasteiger partial charge in [-0.15, -0.1) is 0 Å². The summed E-state index contributed by atoms with van der Waals surface area (Å²) in [5.74, 6) is 1.35. The van der Waals surface area contributed by atoms with Crippen LogP contribution in [0.25, 0.3) is 0 Å². The Morgan fingerprint density at radius 3 is 3.00 bits per heavy atom. The van der Waals surface area contributed by atoms with Gasteiger partial charge >= 0.3 is 0 Å². The minimum atomic E-state index is 0.287. The Morgan fingerprint density at radius 2 is 2.33 bits per heavy atom. The summed E-state index contributed by atoms with van der Waals surface area (Å²) in [5.41, 5.74) is 7.68. The van der Waals surface area contributed by atoms with Crippen molar-refractivity contribution >= 4 is 17.2 Å². The van der Waals surface area contributed by atoms with Gasteiger partial charge in [0.15, 0.2) is 0 Å². The third-order valence-electron chi connectivity index (χ3n) is 4.08. The molecular formula is C16H24N2O2S. The molecule has 0 saturated carbocycles. The number of likely N-dealkylation sites (tertiary alicyclic amines) is 1. The van der Waals surface area contributed by atoms with Gasteiger partial charge in [0.1, 0.15) is 10.7 Å². The van der Waals surface area contributed by atoms with Crippen molar-refractivity contribution in [2.75, 3.05) is 26.8 Å². The molecule has 1 aliphatic heterocycles. The van der Waals surface area contributed by atoms with E-state index in [9.17, 15) is 0 Å². The van der Waals surface area contributed by atoms with Gasteiger partial charge < -0.3 is 15.6 Å². The van der Waals surface area contributed by atoms with Gasteiger partial charge in [-0.05, 0) is 49.4 Å². The molecule has 116 valence electrons. The monoisotopic (exact) mass is 308 g/mol. The van der Waals surface area contributed by atoms with Crippen LogP contribution in [0.1, 0.15) is 30.4 Å². The summed E-state index contributed by atoms with van der Waals surface area (Å²) in [6, 6.07) is 6.02. The predicted octanol–water partition coefficient (Wildman–Crippen LogP) is 1.92. The standard InChI is InChI=1S/C16H24N2O2S/c1-20-15-9-13(4-5-14(15)16(17)21)11-18-7-2-3-12(10-18)6-8-19/h4-5,9,12,19H,2-3,6-8,10-11H2,1H3,(H2,17,21). The summed E-state index contributed by atoms with van der Waals surface area (Å²) >= 11 is 5.03. The van der Waals surface area contributed by atoms with Crippen LogP contribution in [0.4, 0.5) is 0 Å². The predicted molar refractivity (Wildman–Crippen MR) is 88.6 cm³/mol. The second kappa shape index (κ2) is 7.73. The van der Waals surface area contributed by atoms with Crippen molar-refractivity contribution in [3.05, 3.63) is 29.3 Å². The first-order chi connectivity index (χ1) is 10.1. The molecule has 0 spiro atoms. The smallest absolute Gasteiger partial charge is 0.129 e. The highest BCUT2D eigenvalue weighted by Gasteiger charge is 2.19. The van der Waals surface area contributed by atoms with Gasteiger partial charge in [-0.3, -0.25) is 4.90 Å². The van der Waals surface area contributed by atoms with E-state index >= 15 is 0 Å². The fraction of sp³-hybridized carbons (Fsp3) is 0.562. The van der Waals surface area contributed by atoms with Crippen LogP contribution in [-0.4, -0.2) is 41.8 Å². The Balaban J connectivity index is 2.04. The van der Waals surface area contributed by atoms with E-state index in [0.29, 0.717) is 10.9 Å². The molecule has 1 aromatic carbocycles. The number of benzene rings is 1. The van der Waals surface area contributed by atoms with Gasteiger partial charge in [-0.2, -0.15) is 0 Å². The van der Waals surface area contributed by atoms with E-state index < -0.39 is 0 Å². The van der Waals surface area contributed by atoms with Crippen molar-refractivity contribution in [3.8, 4) is 5.75 Å². The quantitative estimate of drug-likeness (QED) is 0.786. The third kappa shape index (κ3) is 4.40. The average Bonchev–Trinajstić information content (AvgIpc) is 2.47. The number of hydrogen-bond donors (Lipinski definition) is 2. The van der Waals surface area contributed by atoms with Gasteiger partial charge in [0.05, 0.1) is 12.7 Å². The third-order valence-corrected chi connectivity index (χ3v) is 4.30. The number of piperidine rings is 1. The fourth-order valence-corrected chi connectivity index (χ4v) is 3.18. The first kappa shape index (κ1) is 16.2. The second-order valence-corrected chi connectivity index (χ2v) is 6.09. The highest BCUT2D eigenvalue weighted by atomic mass is 32.1. The molecule has 21 heavy (non-hydrogen) atoms. The van der Waals surface area contributed by atoms with Crippen LogP contribution in [0.15, 0.2) is 18.2 Å². The van der Waals surface area contributed by atoms with Crippen molar-refractivity contribution in [3.63, 3.8) is 0 Å². The maximum Gasteiger partial charge on any atom is 0.129 e. The van der Waals surface area contributed by atoms with E-state index in [0.717, 1.165) is 37.4 Å². The van der Waals surface area contributed by atoms with Gasteiger partial charge in [0.25, 0.3) is 0 Å². The Morgan fingerprint density at radius 1 is 1.52 bits per heavy atom. The molecule has 0 aromatic heterocycles. The summed E-state index contributed by atoms with van der Waals surface area (Å²) in [6.45, 7) is 3.35.